The molecule has 0 aromatic carbocycles. The van der Waals surface area contributed by atoms with Crippen LogP contribution in [0.3, 0.4) is 0 Å². The van der Waals surface area contributed by atoms with Gasteiger partial charge in [-0.3, -0.25) is 14.4 Å². The summed E-state index contributed by atoms with van der Waals surface area (Å²) in [5, 5.41) is 9.72. The van der Waals surface area contributed by atoms with E-state index in [-0.39, 0.29) is 11.9 Å². The summed E-state index contributed by atoms with van der Waals surface area (Å²) < 4.78 is 7.42. The molecule has 0 spiro atoms. The number of nitrogens with one attached hydrogen (secondary N) is 1. The Kier molecular flexibility index (Phi) is 5.67. The van der Waals surface area contributed by atoms with Crippen molar-refractivity contribution in [3.8, 4) is 0 Å². The van der Waals surface area contributed by atoms with E-state index in [9.17, 15) is 4.79 Å². The van der Waals surface area contributed by atoms with Crippen LogP contribution >= 0.6 is 11.3 Å². The normalized spacial score (nSPS) is 21.5. The van der Waals surface area contributed by atoms with Crippen LogP contribution in [0.5, 0.6) is 0 Å². The van der Waals surface area contributed by atoms with Gasteiger partial charge in [0.1, 0.15) is 0 Å². The number of carbonyl (C=O) groups excluding carboxylic acids is 1. The van der Waals surface area contributed by atoms with Crippen molar-refractivity contribution in [3.05, 3.63) is 40.3 Å². The minimum Gasteiger partial charge on any atom is -0.381 e. The highest BCUT2D eigenvalue weighted by molar-refractivity contribution is 7.09. The number of nitrogens with zero attached hydrogens (tertiary/aromatic N) is 3. The van der Waals surface area contributed by atoms with Gasteiger partial charge < -0.3 is 10.1 Å². The standard InChI is InChI=1S/C19H26N4O2S/c24-19(20-11-15-4-7-25-8-5-15)10-17-13-22(14-18-2-1-9-26-18)12-16-3-6-21-23(16)17/h1-3,6,9,15,17H,4-5,7-8,10-14H2,(H,20,24). The summed E-state index contributed by atoms with van der Waals surface area (Å²) in [6.07, 6.45) is 4.42. The van der Waals surface area contributed by atoms with Gasteiger partial charge in [0, 0.05) is 50.5 Å². The highest BCUT2D eigenvalue weighted by Gasteiger charge is 2.27. The first-order valence-corrected chi connectivity index (χ1v) is 10.3. The molecule has 2 aliphatic rings. The molecule has 4 rings (SSSR count). The molecule has 1 fully saturated rings. The number of hydrogen-bond acceptors (Lipinski definition) is 5. The highest BCUT2D eigenvalue weighted by Crippen LogP contribution is 2.25. The van der Waals surface area contributed by atoms with E-state index < -0.39 is 0 Å². The maximum atomic E-state index is 12.5. The van der Waals surface area contributed by atoms with Gasteiger partial charge in [0.2, 0.25) is 5.91 Å². The summed E-state index contributed by atoms with van der Waals surface area (Å²) in [6.45, 7) is 5.08. The Bertz CT molecular complexity index is 709. The Morgan fingerprint density at radius 2 is 2.23 bits per heavy atom. The number of rotatable bonds is 6. The van der Waals surface area contributed by atoms with Gasteiger partial charge >= 0.3 is 0 Å². The Balaban J connectivity index is 1.34. The van der Waals surface area contributed by atoms with Crippen LogP contribution in [0.2, 0.25) is 0 Å². The van der Waals surface area contributed by atoms with Crippen molar-refractivity contribution >= 4 is 17.2 Å². The van der Waals surface area contributed by atoms with Gasteiger partial charge in [0.15, 0.2) is 0 Å². The number of fused-ring (bicyclic) bond motifs is 1. The van der Waals surface area contributed by atoms with E-state index >= 15 is 0 Å². The van der Waals surface area contributed by atoms with Crippen LogP contribution in [0, 0.1) is 5.92 Å². The lowest BCUT2D eigenvalue weighted by molar-refractivity contribution is -0.122. The molecule has 26 heavy (non-hydrogen) atoms. The maximum absolute atomic E-state index is 12.5. The highest BCUT2D eigenvalue weighted by atomic mass is 32.1. The zero-order valence-corrected chi connectivity index (χ0v) is 15.8. The first-order valence-electron chi connectivity index (χ1n) is 9.39. The van der Waals surface area contributed by atoms with Crippen LogP contribution in [-0.4, -0.2) is 46.9 Å². The minimum absolute atomic E-state index is 0.100. The number of ether oxygens (including phenoxy) is 1. The second-order valence-electron chi connectivity index (χ2n) is 7.23. The smallest absolute Gasteiger partial charge is 0.222 e. The van der Waals surface area contributed by atoms with Gasteiger partial charge in [0.05, 0.1) is 18.2 Å². The molecule has 2 aliphatic heterocycles. The third-order valence-corrected chi connectivity index (χ3v) is 6.12. The number of aromatic nitrogens is 2. The van der Waals surface area contributed by atoms with E-state index in [0.29, 0.717) is 12.3 Å². The van der Waals surface area contributed by atoms with Crippen molar-refractivity contribution in [3.63, 3.8) is 0 Å². The summed E-state index contributed by atoms with van der Waals surface area (Å²) in [6, 6.07) is 6.43. The van der Waals surface area contributed by atoms with E-state index in [1.54, 1.807) is 11.3 Å². The first kappa shape index (κ1) is 17.7. The fraction of sp³-hybridized carbons (Fsp3) is 0.579. The number of thiophene rings is 1. The fourth-order valence-electron chi connectivity index (χ4n) is 3.85. The molecule has 6 nitrogen and oxygen atoms in total. The minimum atomic E-state index is 0.100. The van der Waals surface area contributed by atoms with Crippen LogP contribution in [0.25, 0.3) is 0 Å². The molecule has 1 N–H and O–H groups in total. The largest absolute Gasteiger partial charge is 0.381 e. The second-order valence-corrected chi connectivity index (χ2v) is 8.27. The SMILES string of the molecule is O=C(CC1CN(Cc2cccs2)Cc2ccnn21)NCC1CCOCC1. The Hall–Kier alpha value is -1.70. The average Bonchev–Trinajstić information content (AvgIpc) is 3.33. The Labute approximate surface area is 158 Å². The Morgan fingerprint density at radius 1 is 1.35 bits per heavy atom. The van der Waals surface area contributed by atoms with E-state index in [4.69, 9.17) is 4.74 Å². The molecular formula is C19H26N4O2S. The third-order valence-electron chi connectivity index (χ3n) is 5.26. The monoisotopic (exact) mass is 374 g/mol. The number of carbonyl (C=O) groups is 1. The van der Waals surface area contributed by atoms with Crippen molar-refractivity contribution in [1.29, 1.82) is 0 Å². The lowest BCUT2D eigenvalue weighted by Crippen LogP contribution is -2.40. The summed E-state index contributed by atoms with van der Waals surface area (Å²) in [4.78, 5) is 16.3. The van der Waals surface area contributed by atoms with Crippen molar-refractivity contribution in [1.82, 2.24) is 20.0 Å². The first-order chi connectivity index (χ1) is 12.8. The van der Waals surface area contributed by atoms with Crippen LogP contribution in [0.1, 0.15) is 35.9 Å². The molecule has 1 atom stereocenters. The number of amides is 1. The molecule has 7 heteroatoms. The number of hydrogen-bond donors (Lipinski definition) is 1. The van der Waals surface area contributed by atoms with Crippen molar-refractivity contribution in [2.45, 2.75) is 38.4 Å². The summed E-state index contributed by atoms with van der Waals surface area (Å²) in [5.74, 6) is 0.676. The molecule has 1 amide bonds. The molecule has 0 radical (unpaired) electrons. The van der Waals surface area contributed by atoms with Gasteiger partial charge in [-0.2, -0.15) is 5.10 Å². The molecular weight excluding hydrogens is 348 g/mol. The van der Waals surface area contributed by atoms with Crippen LogP contribution in [-0.2, 0) is 22.6 Å². The van der Waals surface area contributed by atoms with Gasteiger partial charge in [-0.25, -0.2) is 0 Å². The van der Waals surface area contributed by atoms with Gasteiger partial charge in [0.25, 0.3) is 0 Å². The molecule has 0 bridgehead atoms. The molecule has 4 heterocycles. The van der Waals surface area contributed by atoms with Gasteiger partial charge in [-0.05, 0) is 36.3 Å². The Morgan fingerprint density at radius 3 is 3.04 bits per heavy atom. The molecule has 140 valence electrons. The van der Waals surface area contributed by atoms with E-state index in [1.807, 2.05) is 10.9 Å². The van der Waals surface area contributed by atoms with Crippen LogP contribution in [0.4, 0.5) is 0 Å². The fourth-order valence-corrected chi connectivity index (χ4v) is 4.60. The average molecular weight is 375 g/mol. The molecule has 1 unspecified atom stereocenters. The second kappa shape index (κ2) is 8.33. The zero-order chi connectivity index (χ0) is 17.8. The topological polar surface area (TPSA) is 59.4 Å². The molecule has 2 aromatic rings. The predicted octanol–water partition coefficient (Wildman–Crippen LogP) is 2.43. The van der Waals surface area contributed by atoms with E-state index in [2.05, 4.69) is 38.9 Å². The van der Waals surface area contributed by atoms with Crippen molar-refractivity contribution in [2.75, 3.05) is 26.3 Å². The molecule has 2 aromatic heterocycles. The van der Waals surface area contributed by atoms with Crippen LogP contribution < -0.4 is 5.32 Å². The van der Waals surface area contributed by atoms with Crippen LogP contribution in [0.15, 0.2) is 29.8 Å². The lowest BCUT2D eigenvalue weighted by Gasteiger charge is -2.33. The quantitative estimate of drug-likeness (QED) is 0.844. The van der Waals surface area contributed by atoms with Gasteiger partial charge in [-0.1, -0.05) is 6.07 Å². The van der Waals surface area contributed by atoms with Crippen molar-refractivity contribution < 1.29 is 9.53 Å². The van der Waals surface area contributed by atoms with Gasteiger partial charge in [-0.15, -0.1) is 11.3 Å². The van der Waals surface area contributed by atoms with Crippen molar-refractivity contribution in [2.24, 2.45) is 5.92 Å². The zero-order valence-electron chi connectivity index (χ0n) is 15.0. The summed E-state index contributed by atoms with van der Waals surface area (Å²) in [5.41, 5.74) is 1.19. The molecule has 0 aliphatic carbocycles. The maximum Gasteiger partial charge on any atom is 0.222 e. The summed E-state index contributed by atoms with van der Waals surface area (Å²) >= 11 is 1.79. The van der Waals surface area contributed by atoms with E-state index in [1.165, 1.54) is 10.6 Å². The lowest BCUT2D eigenvalue weighted by atomic mass is 10.0. The predicted molar refractivity (Wildman–Crippen MR) is 101 cm³/mol. The molecule has 1 saturated heterocycles. The molecule has 0 saturated carbocycles. The van der Waals surface area contributed by atoms with E-state index in [0.717, 1.165) is 52.2 Å². The third kappa shape index (κ3) is 4.34. The summed E-state index contributed by atoms with van der Waals surface area (Å²) in [7, 11) is 0.